The van der Waals surface area contributed by atoms with Crippen LogP contribution in [0, 0.1) is 11.8 Å². The van der Waals surface area contributed by atoms with Gasteiger partial charge in [0.15, 0.2) is 5.65 Å². The van der Waals surface area contributed by atoms with Crippen LogP contribution in [0.5, 0.6) is 0 Å². The third kappa shape index (κ3) is 3.14. The van der Waals surface area contributed by atoms with Gasteiger partial charge in [-0.15, -0.1) is 0 Å². The van der Waals surface area contributed by atoms with Gasteiger partial charge in [-0.05, 0) is 43.6 Å². The summed E-state index contributed by atoms with van der Waals surface area (Å²) in [6, 6.07) is 1.54. The molecule has 0 aromatic carbocycles. The normalized spacial score (nSPS) is 29.6. The van der Waals surface area contributed by atoms with Gasteiger partial charge in [-0.25, -0.2) is 4.98 Å². The third-order valence-corrected chi connectivity index (χ3v) is 7.81. The summed E-state index contributed by atoms with van der Waals surface area (Å²) in [7, 11) is 1.66. The van der Waals surface area contributed by atoms with Crippen molar-refractivity contribution in [3.63, 3.8) is 0 Å². The van der Waals surface area contributed by atoms with Gasteiger partial charge in [-0.1, -0.05) is 25.7 Å². The van der Waals surface area contributed by atoms with Crippen LogP contribution in [0.15, 0.2) is 12.3 Å². The molecule has 0 radical (unpaired) electrons. The smallest absolute Gasteiger partial charge is 0.395 e. The summed E-state index contributed by atoms with van der Waals surface area (Å²) in [5.74, 6) is 1.17. The molecule has 0 bridgehead atoms. The fourth-order valence-electron chi connectivity index (χ4n) is 5.61. The van der Waals surface area contributed by atoms with Gasteiger partial charge in [0.05, 0.1) is 24.5 Å². The van der Waals surface area contributed by atoms with Crippen LogP contribution < -0.4 is 5.32 Å². The molecule has 3 aliphatic rings. The zero-order valence-corrected chi connectivity index (χ0v) is 17.3. The van der Waals surface area contributed by atoms with Crippen molar-refractivity contribution >= 4 is 11.2 Å². The molecule has 5 rings (SSSR count). The molecule has 0 unspecified atom stereocenters. The highest BCUT2D eigenvalue weighted by Crippen LogP contribution is 2.59. The van der Waals surface area contributed by atoms with Crippen LogP contribution in [-0.4, -0.2) is 38.5 Å². The zero-order valence-electron chi connectivity index (χ0n) is 17.3. The highest BCUT2D eigenvalue weighted by molar-refractivity contribution is 5.74. The lowest BCUT2D eigenvalue weighted by Gasteiger charge is -2.38. The summed E-state index contributed by atoms with van der Waals surface area (Å²) in [6.07, 6.45) is 4.47. The Labute approximate surface area is 174 Å². The molecule has 2 aliphatic carbocycles. The average molecular weight is 422 g/mol. The monoisotopic (exact) mass is 422 g/mol. The summed E-state index contributed by atoms with van der Waals surface area (Å²) in [5, 5.41) is 13.6. The Balaban J connectivity index is 1.44. The van der Waals surface area contributed by atoms with E-state index in [1.807, 2.05) is 0 Å². The minimum atomic E-state index is -4.26. The van der Waals surface area contributed by atoms with Gasteiger partial charge in [0.25, 0.3) is 0 Å². The largest absolute Gasteiger partial charge is 0.399 e. The van der Waals surface area contributed by atoms with Gasteiger partial charge >= 0.3 is 6.18 Å². The van der Waals surface area contributed by atoms with Gasteiger partial charge in [0, 0.05) is 18.8 Å². The van der Waals surface area contributed by atoms with Crippen molar-refractivity contribution in [2.45, 2.75) is 75.0 Å². The SMILES string of the molecule is Cn1c(C2(C(F)(F)F)CC2)cc2ncc([C@@H]3CCC[C@H](C4CCC4)[C@@H](CO)N3)nc21. The summed E-state index contributed by atoms with van der Waals surface area (Å²) in [5.41, 5.74) is 0.267. The van der Waals surface area contributed by atoms with Gasteiger partial charge in [0.1, 0.15) is 10.9 Å². The van der Waals surface area contributed by atoms with Gasteiger partial charge < -0.3 is 15.0 Å². The fraction of sp³-hybridized carbons (Fsp3) is 0.727. The number of aliphatic hydroxyl groups is 1. The second-order valence-corrected chi connectivity index (χ2v) is 9.47. The lowest BCUT2D eigenvalue weighted by molar-refractivity contribution is -0.162. The van der Waals surface area contributed by atoms with E-state index in [0.717, 1.165) is 25.0 Å². The van der Waals surface area contributed by atoms with E-state index in [1.165, 1.54) is 19.3 Å². The summed E-state index contributed by atoms with van der Waals surface area (Å²) >= 11 is 0. The topological polar surface area (TPSA) is 63.0 Å². The van der Waals surface area contributed by atoms with Crippen molar-refractivity contribution in [1.29, 1.82) is 0 Å². The third-order valence-electron chi connectivity index (χ3n) is 7.81. The van der Waals surface area contributed by atoms with Gasteiger partial charge in [0.2, 0.25) is 0 Å². The number of aryl methyl sites for hydroxylation is 1. The molecule has 3 atom stereocenters. The molecule has 1 aliphatic heterocycles. The maximum absolute atomic E-state index is 13.6. The van der Waals surface area contributed by atoms with Crippen molar-refractivity contribution in [2.24, 2.45) is 18.9 Å². The molecule has 2 N–H and O–H groups in total. The van der Waals surface area contributed by atoms with Crippen LogP contribution in [0.2, 0.25) is 0 Å². The molecular weight excluding hydrogens is 393 g/mol. The van der Waals surface area contributed by atoms with E-state index in [-0.39, 0.29) is 37.2 Å². The Morgan fingerprint density at radius 2 is 1.93 bits per heavy atom. The van der Waals surface area contributed by atoms with E-state index >= 15 is 0 Å². The molecule has 30 heavy (non-hydrogen) atoms. The molecule has 2 aromatic rings. The Kier molecular flexibility index (Phi) is 4.85. The maximum Gasteiger partial charge on any atom is 0.399 e. The minimum Gasteiger partial charge on any atom is -0.395 e. The van der Waals surface area contributed by atoms with Crippen LogP contribution in [-0.2, 0) is 12.5 Å². The van der Waals surface area contributed by atoms with E-state index in [2.05, 4.69) is 10.3 Å². The Morgan fingerprint density at radius 3 is 2.53 bits per heavy atom. The van der Waals surface area contributed by atoms with Crippen LogP contribution in [0.1, 0.15) is 68.8 Å². The molecule has 3 fully saturated rings. The molecule has 164 valence electrons. The molecule has 0 amide bonds. The standard InChI is InChI=1S/C22H29F3N4O/c1-29-19(21(8-9-21)22(23,24)25)10-16-20(29)28-17(11-26-16)15-7-3-6-14(13-4-2-5-13)18(12-30)27-15/h10-11,13-15,18,27,30H,2-9,12H2,1H3/t14-,15+,18-/m1/s1. The van der Waals surface area contributed by atoms with Crippen molar-refractivity contribution in [3.8, 4) is 0 Å². The molecular formula is C22H29F3N4O. The summed E-state index contributed by atoms with van der Waals surface area (Å²) in [6.45, 7) is 0.0930. The molecule has 2 saturated carbocycles. The van der Waals surface area contributed by atoms with E-state index < -0.39 is 11.6 Å². The number of fused-ring (bicyclic) bond motifs is 1. The number of aromatic nitrogens is 3. The zero-order chi connectivity index (χ0) is 21.1. The number of hydrogen-bond donors (Lipinski definition) is 2. The Bertz CT molecular complexity index is 932. The van der Waals surface area contributed by atoms with E-state index in [4.69, 9.17) is 4.98 Å². The lowest BCUT2D eigenvalue weighted by atomic mass is 9.71. The van der Waals surface area contributed by atoms with Crippen molar-refractivity contribution < 1.29 is 18.3 Å². The van der Waals surface area contributed by atoms with E-state index in [1.54, 1.807) is 23.9 Å². The van der Waals surface area contributed by atoms with E-state index in [0.29, 0.717) is 23.0 Å². The first-order valence-electron chi connectivity index (χ1n) is 11.1. The highest BCUT2D eigenvalue weighted by atomic mass is 19.4. The van der Waals surface area contributed by atoms with Crippen LogP contribution in [0.3, 0.4) is 0 Å². The van der Waals surface area contributed by atoms with Crippen LogP contribution in [0.4, 0.5) is 13.2 Å². The predicted molar refractivity (Wildman–Crippen MR) is 107 cm³/mol. The van der Waals surface area contributed by atoms with Gasteiger partial charge in [-0.3, -0.25) is 4.98 Å². The quantitative estimate of drug-likeness (QED) is 0.777. The lowest BCUT2D eigenvalue weighted by Crippen LogP contribution is -2.44. The molecule has 1 saturated heterocycles. The summed E-state index contributed by atoms with van der Waals surface area (Å²) in [4.78, 5) is 9.22. The van der Waals surface area contributed by atoms with Crippen LogP contribution in [0.25, 0.3) is 11.2 Å². The fourth-order valence-corrected chi connectivity index (χ4v) is 5.61. The Hall–Kier alpha value is -1.67. The van der Waals surface area contributed by atoms with Crippen molar-refractivity contribution in [1.82, 2.24) is 19.9 Å². The average Bonchev–Trinajstić information content (AvgIpc) is 3.44. The number of rotatable bonds is 4. The van der Waals surface area contributed by atoms with E-state index in [9.17, 15) is 18.3 Å². The summed E-state index contributed by atoms with van der Waals surface area (Å²) < 4.78 is 42.5. The van der Waals surface area contributed by atoms with Crippen LogP contribution >= 0.6 is 0 Å². The second kappa shape index (κ2) is 7.19. The first-order valence-corrected chi connectivity index (χ1v) is 11.1. The van der Waals surface area contributed by atoms with Crippen molar-refractivity contribution in [2.75, 3.05) is 6.61 Å². The first-order chi connectivity index (χ1) is 14.3. The second-order valence-electron chi connectivity index (χ2n) is 9.47. The molecule has 8 heteroatoms. The highest BCUT2D eigenvalue weighted by Gasteiger charge is 2.65. The number of hydrogen-bond acceptors (Lipinski definition) is 4. The predicted octanol–water partition coefficient (Wildman–Crippen LogP) is 4.15. The number of alkyl halides is 3. The molecule has 0 spiro atoms. The minimum absolute atomic E-state index is 0.0317. The Morgan fingerprint density at radius 1 is 1.20 bits per heavy atom. The number of aliphatic hydroxyl groups excluding tert-OH is 1. The number of nitrogens with one attached hydrogen (secondary N) is 1. The number of halogens is 3. The molecule has 2 aromatic heterocycles. The van der Waals surface area contributed by atoms with Crippen molar-refractivity contribution in [3.05, 3.63) is 23.7 Å². The maximum atomic E-state index is 13.6. The molecule has 3 heterocycles. The molecule has 5 nitrogen and oxygen atoms in total. The first kappa shape index (κ1) is 20.2. The van der Waals surface area contributed by atoms with Gasteiger partial charge in [-0.2, -0.15) is 13.2 Å². The number of nitrogens with zero attached hydrogens (tertiary/aromatic N) is 3.